The van der Waals surface area contributed by atoms with Crippen molar-refractivity contribution in [2.24, 2.45) is 11.7 Å². The van der Waals surface area contributed by atoms with E-state index in [1.807, 2.05) is 31.2 Å². The molecular weight excluding hydrogens is 190 g/mol. The number of carbonyl (C=O) groups is 1. The van der Waals surface area contributed by atoms with Gasteiger partial charge in [0.05, 0.1) is 5.92 Å². The molecule has 0 heterocycles. The summed E-state index contributed by atoms with van der Waals surface area (Å²) < 4.78 is 0. The minimum absolute atomic E-state index is 0.364. The van der Waals surface area contributed by atoms with E-state index in [0.29, 0.717) is 19.4 Å². The van der Waals surface area contributed by atoms with Crippen LogP contribution in [0, 0.1) is 12.8 Å². The minimum Gasteiger partial charge on any atom is -0.481 e. The van der Waals surface area contributed by atoms with Crippen LogP contribution in [0.15, 0.2) is 24.3 Å². The largest absolute Gasteiger partial charge is 0.481 e. The number of carboxylic acid groups (broad SMARTS) is 1. The van der Waals surface area contributed by atoms with Gasteiger partial charge in [-0.3, -0.25) is 4.79 Å². The number of hydrogen-bond acceptors (Lipinski definition) is 2. The van der Waals surface area contributed by atoms with Gasteiger partial charge in [0, 0.05) is 0 Å². The fraction of sp³-hybridized carbons (Fsp3) is 0.417. The molecule has 3 nitrogen and oxygen atoms in total. The van der Waals surface area contributed by atoms with Gasteiger partial charge in [0.1, 0.15) is 0 Å². The van der Waals surface area contributed by atoms with Crippen molar-refractivity contribution in [3.05, 3.63) is 35.4 Å². The highest BCUT2D eigenvalue weighted by Gasteiger charge is 2.16. The Hall–Kier alpha value is -1.35. The van der Waals surface area contributed by atoms with Gasteiger partial charge < -0.3 is 10.8 Å². The first-order valence-corrected chi connectivity index (χ1v) is 5.12. The number of benzene rings is 1. The van der Waals surface area contributed by atoms with Crippen LogP contribution < -0.4 is 5.73 Å². The lowest BCUT2D eigenvalue weighted by atomic mass is 9.95. The molecule has 1 rings (SSSR count). The molecule has 0 bridgehead atoms. The Balaban J connectivity index is 2.69. The molecule has 0 fully saturated rings. The second kappa shape index (κ2) is 5.51. The van der Waals surface area contributed by atoms with Gasteiger partial charge in [0.2, 0.25) is 0 Å². The number of rotatable bonds is 5. The average Bonchev–Trinajstić information content (AvgIpc) is 2.17. The molecule has 0 aliphatic heterocycles. The van der Waals surface area contributed by atoms with Crippen molar-refractivity contribution in [2.75, 3.05) is 6.54 Å². The van der Waals surface area contributed by atoms with Gasteiger partial charge in [-0.05, 0) is 31.9 Å². The van der Waals surface area contributed by atoms with Crippen molar-refractivity contribution in [1.82, 2.24) is 0 Å². The molecule has 0 aliphatic carbocycles. The minimum atomic E-state index is -0.762. The highest BCUT2D eigenvalue weighted by atomic mass is 16.4. The molecule has 0 saturated heterocycles. The first-order valence-electron chi connectivity index (χ1n) is 5.12. The predicted octanol–water partition coefficient (Wildman–Crippen LogP) is 1.59. The molecule has 1 aromatic carbocycles. The van der Waals surface area contributed by atoms with E-state index in [2.05, 4.69) is 0 Å². The number of carboxylic acids is 1. The van der Waals surface area contributed by atoms with E-state index in [9.17, 15) is 4.79 Å². The van der Waals surface area contributed by atoms with Gasteiger partial charge in [0.25, 0.3) is 0 Å². The van der Waals surface area contributed by atoms with E-state index >= 15 is 0 Å². The molecule has 3 N–H and O–H groups in total. The summed E-state index contributed by atoms with van der Waals surface area (Å²) in [4.78, 5) is 10.9. The molecule has 82 valence electrons. The third kappa shape index (κ3) is 3.72. The quantitative estimate of drug-likeness (QED) is 0.770. The van der Waals surface area contributed by atoms with E-state index in [-0.39, 0.29) is 5.92 Å². The van der Waals surface area contributed by atoms with Crippen LogP contribution in [0.2, 0.25) is 0 Å². The predicted molar refractivity (Wildman–Crippen MR) is 59.7 cm³/mol. The van der Waals surface area contributed by atoms with Crippen molar-refractivity contribution in [3.8, 4) is 0 Å². The molecule has 1 unspecified atom stereocenters. The molecule has 1 atom stereocenters. The summed E-state index contributed by atoms with van der Waals surface area (Å²) in [5.41, 5.74) is 7.61. The van der Waals surface area contributed by atoms with E-state index in [4.69, 9.17) is 10.8 Å². The fourth-order valence-corrected chi connectivity index (χ4v) is 1.64. The van der Waals surface area contributed by atoms with Gasteiger partial charge in [0.15, 0.2) is 0 Å². The Morgan fingerprint density at radius 2 is 2.27 bits per heavy atom. The summed E-state index contributed by atoms with van der Waals surface area (Å²) in [5.74, 6) is -1.13. The Kier molecular flexibility index (Phi) is 4.31. The van der Waals surface area contributed by atoms with Gasteiger partial charge in [-0.25, -0.2) is 0 Å². The molecular formula is C12H17NO2. The third-order valence-corrected chi connectivity index (χ3v) is 2.43. The van der Waals surface area contributed by atoms with E-state index in [1.165, 1.54) is 0 Å². The molecule has 15 heavy (non-hydrogen) atoms. The lowest BCUT2D eigenvalue weighted by Crippen LogP contribution is -2.20. The van der Waals surface area contributed by atoms with Crippen LogP contribution in [0.4, 0.5) is 0 Å². The van der Waals surface area contributed by atoms with Crippen LogP contribution in [-0.4, -0.2) is 17.6 Å². The monoisotopic (exact) mass is 207 g/mol. The molecule has 0 radical (unpaired) electrons. The summed E-state index contributed by atoms with van der Waals surface area (Å²) in [6.07, 6.45) is 1.09. The summed E-state index contributed by atoms with van der Waals surface area (Å²) in [6.45, 7) is 2.42. The van der Waals surface area contributed by atoms with Crippen molar-refractivity contribution < 1.29 is 9.90 Å². The second-order valence-corrected chi connectivity index (χ2v) is 3.81. The highest BCUT2D eigenvalue weighted by molar-refractivity contribution is 5.70. The highest BCUT2D eigenvalue weighted by Crippen LogP contribution is 2.13. The number of aryl methyl sites for hydroxylation is 1. The third-order valence-electron chi connectivity index (χ3n) is 2.43. The first kappa shape index (κ1) is 11.7. The van der Waals surface area contributed by atoms with Crippen LogP contribution in [-0.2, 0) is 11.2 Å². The second-order valence-electron chi connectivity index (χ2n) is 3.81. The van der Waals surface area contributed by atoms with Crippen molar-refractivity contribution in [2.45, 2.75) is 19.8 Å². The van der Waals surface area contributed by atoms with Gasteiger partial charge in [-0.15, -0.1) is 0 Å². The number of nitrogens with two attached hydrogens (primary N) is 1. The summed E-state index contributed by atoms with van der Waals surface area (Å²) in [6, 6.07) is 7.93. The van der Waals surface area contributed by atoms with Crippen molar-refractivity contribution in [1.29, 1.82) is 0 Å². The molecule has 1 aromatic rings. The molecule has 0 amide bonds. The lowest BCUT2D eigenvalue weighted by Gasteiger charge is -2.11. The van der Waals surface area contributed by atoms with Gasteiger partial charge in [-0.2, -0.15) is 0 Å². The normalized spacial score (nSPS) is 12.4. The Bertz CT molecular complexity index is 336. The van der Waals surface area contributed by atoms with Crippen LogP contribution in [0.5, 0.6) is 0 Å². The Morgan fingerprint density at radius 1 is 1.53 bits per heavy atom. The summed E-state index contributed by atoms with van der Waals surface area (Å²) in [5, 5.41) is 8.98. The average molecular weight is 207 g/mol. The van der Waals surface area contributed by atoms with Crippen LogP contribution in [0.3, 0.4) is 0 Å². The van der Waals surface area contributed by atoms with E-state index < -0.39 is 5.97 Å². The molecule has 3 heteroatoms. The van der Waals surface area contributed by atoms with Crippen LogP contribution in [0.1, 0.15) is 17.5 Å². The first-order chi connectivity index (χ1) is 7.13. The summed E-state index contributed by atoms with van der Waals surface area (Å²) in [7, 11) is 0. The summed E-state index contributed by atoms with van der Waals surface area (Å²) >= 11 is 0. The lowest BCUT2D eigenvalue weighted by molar-refractivity contribution is -0.141. The number of aliphatic carboxylic acids is 1. The maximum atomic E-state index is 10.9. The fourth-order valence-electron chi connectivity index (χ4n) is 1.64. The smallest absolute Gasteiger partial charge is 0.306 e. The van der Waals surface area contributed by atoms with Crippen LogP contribution in [0.25, 0.3) is 0 Å². The zero-order valence-electron chi connectivity index (χ0n) is 8.94. The maximum Gasteiger partial charge on any atom is 0.306 e. The molecule has 0 aliphatic rings. The molecule has 0 aromatic heterocycles. The zero-order valence-corrected chi connectivity index (χ0v) is 8.94. The van der Waals surface area contributed by atoms with Gasteiger partial charge >= 0.3 is 5.97 Å². The number of hydrogen-bond donors (Lipinski definition) is 2. The van der Waals surface area contributed by atoms with Gasteiger partial charge in [-0.1, -0.05) is 29.8 Å². The topological polar surface area (TPSA) is 63.3 Å². The zero-order chi connectivity index (χ0) is 11.3. The van der Waals surface area contributed by atoms with Crippen molar-refractivity contribution in [3.63, 3.8) is 0 Å². The Morgan fingerprint density at radius 3 is 2.80 bits per heavy atom. The molecule has 0 spiro atoms. The van der Waals surface area contributed by atoms with E-state index in [0.717, 1.165) is 11.1 Å². The maximum absolute atomic E-state index is 10.9. The van der Waals surface area contributed by atoms with Crippen LogP contribution >= 0.6 is 0 Å². The SMILES string of the molecule is Cc1cccc(CC(CCN)C(=O)O)c1. The molecule has 0 saturated carbocycles. The standard InChI is InChI=1S/C12H17NO2/c1-9-3-2-4-10(7-9)8-11(5-6-13)12(14)15/h2-4,7,11H,5-6,8,13H2,1H3,(H,14,15). The Labute approximate surface area is 89.9 Å². The van der Waals surface area contributed by atoms with E-state index in [1.54, 1.807) is 0 Å². The van der Waals surface area contributed by atoms with Crippen molar-refractivity contribution >= 4 is 5.97 Å².